The first-order valence-electron chi connectivity index (χ1n) is 10.6. The number of methoxy groups -OCH3 is 1. The number of benzene rings is 2. The molecule has 160 valence electrons. The van der Waals surface area contributed by atoms with Crippen LogP contribution in [0.2, 0.25) is 0 Å². The van der Waals surface area contributed by atoms with Gasteiger partial charge in [-0.15, -0.1) is 0 Å². The third-order valence-electron chi connectivity index (χ3n) is 5.62. The molecule has 0 aliphatic carbocycles. The SMILES string of the molecule is COc1ccc(C(=O)Nc2ccccc2C(=O)NCCCN2CCCC[C@H]2C)cc1. The highest BCUT2D eigenvalue weighted by molar-refractivity contribution is 6.09. The van der Waals surface area contributed by atoms with E-state index in [9.17, 15) is 9.59 Å². The predicted molar refractivity (Wildman–Crippen MR) is 119 cm³/mol. The third-order valence-corrected chi connectivity index (χ3v) is 5.62. The van der Waals surface area contributed by atoms with E-state index in [1.165, 1.54) is 19.3 Å². The summed E-state index contributed by atoms with van der Waals surface area (Å²) in [5, 5.41) is 5.83. The number of rotatable bonds is 8. The molecule has 0 unspecified atom stereocenters. The normalized spacial score (nSPS) is 16.7. The molecule has 1 atom stereocenters. The fraction of sp³-hybridized carbons (Fsp3) is 0.417. The molecule has 0 radical (unpaired) electrons. The molecule has 0 bridgehead atoms. The lowest BCUT2D eigenvalue weighted by Gasteiger charge is -2.33. The van der Waals surface area contributed by atoms with Crippen LogP contribution in [0.15, 0.2) is 48.5 Å². The maximum Gasteiger partial charge on any atom is 0.255 e. The van der Waals surface area contributed by atoms with Crippen LogP contribution < -0.4 is 15.4 Å². The molecule has 0 spiro atoms. The molecule has 30 heavy (non-hydrogen) atoms. The molecular formula is C24H31N3O3. The Morgan fingerprint density at radius 1 is 1.07 bits per heavy atom. The van der Waals surface area contributed by atoms with Crippen molar-refractivity contribution in [3.05, 3.63) is 59.7 Å². The maximum atomic E-state index is 12.7. The second-order valence-corrected chi connectivity index (χ2v) is 7.72. The van der Waals surface area contributed by atoms with Gasteiger partial charge in [0.05, 0.1) is 18.4 Å². The lowest BCUT2D eigenvalue weighted by Crippen LogP contribution is -2.39. The number of hydrogen-bond donors (Lipinski definition) is 2. The fourth-order valence-corrected chi connectivity index (χ4v) is 3.80. The molecule has 6 heteroatoms. The molecule has 1 aliphatic heterocycles. The van der Waals surface area contributed by atoms with Gasteiger partial charge in [-0.2, -0.15) is 0 Å². The quantitative estimate of drug-likeness (QED) is 0.648. The molecule has 2 N–H and O–H groups in total. The topological polar surface area (TPSA) is 70.7 Å². The van der Waals surface area contributed by atoms with Crippen molar-refractivity contribution in [2.45, 2.75) is 38.6 Å². The number of hydrogen-bond acceptors (Lipinski definition) is 4. The zero-order chi connectivity index (χ0) is 21.3. The summed E-state index contributed by atoms with van der Waals surface area (Å²) in [6.45, 7) is 5.04. The van der Waals surface area contributed by atoms with Crippen LogP contribution in [-0.2, 0) is 0 Å². The Bertz CT molecular complexity index is 851. The number of likely N-dealkylation sites (tertiary alicyclic amines) is 1. The standard InChI is InChI=1S/C24H31N3O3/c1-18-8-5-6-16-27(18)17-7-15-25-24(29)21-9-3-4-10-22(21)26-23(28)19-11-13-20(30-2)14-12-19/h3-4,9-14,18H,5-8,15-17H2,1-2H3,(H,25,29)(H,26,28)/t18-/m1/s1. The third kappa shape index (κ3) is 5.83. The number of nitrogens with one attached hydrogen (secondary N) is 2. The van der Waals surface area contributed by atoms with Gasteiger partial charge in [-0.25, -0.2) is 0 Å². The molecule has 1 heterocycles. The summed E-state index contributed by atoms with van der Waals surface area (Å²) in [7, 11) is 1.58. The van der Waals surface area contributed by atoms with E-state index in [1.54, 1.807) is 55.6 Å². The number of anilines is 1. The first-order chi connectivity index (χ1) is 14.6. The molecule has 0 aromatic heterocycles. The minimum atomic E-state index is -0.267. The monoisotopic (exact) mass is 409 g/mol. The van der Waals surface area contributed by atoms with Crippen LogP contribution in [0.1, 0.15) is 53.3 Å². The van der Waals surface area contributed by atoms with Gasteiger partial charge >= 0.3 is 0 Å². The Balaban J connectivity index is 1.54. The van der Waals surface area contributed by atoms with E-state index in [2.05, 4.69) is 22.5 Å². The van der Waals surface area contributed by atoms with Crippen LogP contribution in [0.3, 0.4) is 0 Å². The molecule has 3 rings (SSSR count). The maximum absolute atomic E-state index is 12.7. The first-order valence-corrected chi connectivity index (χ1v) is 10.6. The van der Waals surface area contributed by atoms with Crippen LogP contribution >= 0.6 is 0 Å². The van der Waals surface area contributed by atoms with Crippen LogP contribution in [-0.4, -0.2) is 49.5 Å². The Morgan fingerprint density at radius 2 is 1.83 bits per heavy atom. The minimum absolute atomic E-state index is 0.174. The summed E-state index contributed by atoms with van der Waals surface area (Å²) in [4.78, 5) is 27.8. The fourth-order valence-electron chi connectivity index (χ4n) is 3.80. The van der Waals surface area contributed by atoms with Crippen LogP contribution in [0.4, 0.5) is 5.69 Å². The van der Waals surface area contributed by atoms with Gasteiger partial charge in [-0.3, -0.25) is 9.59 Å². The van der Waals surface area contributed by atoms with Crippen LogP contribution in [0, 0.1) is 0 Å². The van der Waals surface area contributed by atoms with E-state index in [0.717, 1.165) is 19.5 Å². The lowest BCUT2D eigenvalue weighted by atomic mass is 10.0. The van der Waals surface area contributed by atoms with Crippen molar-refractivity contribution in [2.24, 2.45) is 0 Å². The molecule has 1 fully saturated rings. The summed E-state index contributed by atoms with van der Waals surface area (Å²) in [6.07, 6.45) is 4.75. The molecule has 2 aromatic carbocycles. The molecular weight excluding hydrogens is 378 g/mol. The van der Waals surface area contributed by atoms with Gasteiger partial charge in [0.1, 0.15) is 5.75 Å². The van der Waals surface area contributed by atoms with Crippen molar-refractivity contribution >= 4 is 17.5 Å². The van der Waals surface area contributed by atoms with Crippen molar-refractivity contribution < 1.29 is 14.3 Å². The average Bonchev–Trinajstić information content (AvgIpc) is 2.78. The van der Waals surface area contributed by atoms with Gasteiger partial charge in [0.25, 0.3) is 11.8 Å². The van der Waals surface area contributed by atoms with Crippen molar-refractivity contribution in [2.75, 3.05) is 32.1 Å². The molecule has 6 nitrogen and oxygen atoms in total. The number of para-hydroxylation sites is 1. The molecule has 2 aromatic rings. The number of ether oxygens (including phenoxy) is 1. The van der Waals surface area contributed by atoms with Crippen molar-refractivity contribution in [1.29, 1.82) is 0 Å². The van der Waals surface area contributed by atoms with Gasteiger partial charge in [0, 0.05) is 24.7 Å². The highest BCUT2D eigenvalue weighted by atomic mass is 16.5. The second kappa shape index (κ2) is 10.8. The Labute approximate surface area is 178 Å². The van der Waals surface area contributed by atoms with Gasteiger partial charge in [-0.1, -0.05) is 18.6 Å². The highest BCUT2D eigenvalue weighted by Gasteiger charge is 2.18. The largest absolute Gasteiger partial charge is 0.497 e. The van der Waals surface area contributed by atoms with Crippen molar-refractivity contribution in [1.82, 2.24) is 10.2 Å². The van der Waals surface area contributed by atoms with Gasteiger partial charge in [0.15, 0.2) is 0 Å². The van der Waals surface area contributed by atoms with E-state index >= 15 is 0 Å². The zero-order valence-electron chi connectivity index (χ0n) is 17.8. The number of carbonyl (C=O) groups is 2. The van der Waals surface area contributed by atoms with E-state index in [-0.39, 0.29) is 11.8 Å². The summed E-state index contributed by atoms with van der Waals surface area (Å²) < 4.78 is 5.12. The van der Waals surface area contributed by atoms with Crippen molar-refractivity contribution in [3.63, 3.8) is 0 Å². The van der Waals surface area contributed by atoms with Gasteiger partial charge in [-0.05, 0) is 69.1 Å². The molecule has 0 saturated carbocycles. The lowest BCUT2D eigenvalue weighted by molar-refractivity contribution is 0.0949. The van der Waals surface area contributed by atoms with Crippen LogP contribution in [0.5, 0.6) is 5.75 Å². The van der Waals surface area contributed by atoms with E-state index in [0.29, 0.717) is 35.2 Å². The van der Waals surface area contributed by atoms with E-state index in [1.807, 2.05) is 0 Å². The van der Waals surface area contributed by atoms with Crippen molar-refractivity contribution in [3.8, 4) is 5.75 Å². The Hall–Kier alpha value is -2.86. The predicted octanol–water partition coefficient (Wildman–Crippen LogP) is 3.94. The number of amides is 2. The average molecular weight is 410 g/mol. The molecule has 2 amide bonds. The number of carbonyl (C=O) groups excluding carboxylic acids is 2. The Morgan fingerprint density at radius 3 is 2.57 bits per heavy atom. The van der Waals surface area contributed by atoms with E-state index < -0.39 is 0 Å². The molecule has 1 saturated heterocycles. The summed E-state index contributed by atoms with van der Waals surface area (Å²) in [5.41, 5.74) is 1.47. The van der Waals surface area contributed by atoms with Crippen LogP contribution in [0.25, 0.3) is 0 Å². The highest BCUT2D eigenvalue weighted by Crippen LogP contribution is 2.18. The van der Waals surface area contributed by atoms with Gasteiger partial charge in [0.2, 0.25) is 0 Å². The minimum Gasteiger partial charge on any atom is -0.497 e. The summed E-state index contributed by atoms with van der Waals surface area (Å²) >= 11 is 0. The second-order valence-electron chi connectivity index (χ2n) is 7.72. The van der Waals surface area contributed by atoms with E-state index in [4.69, 9.17) is 4.74 Å². The Kier molecular flexibility index (Phi) is 7.85. The number of piperidine rings is 1. The summed E-state index contributed by atoms with van der Waals surface area (Å²) in [5.74, 6) is 0.245. The van der Waals surface area contributed by atoms with Gasteiger partial charge < -0.3 is 20.3 Å². The smallest absolute Gasteiger partial charge is 0.255 e. The zero-order valence-corrected chi connectivity index (χ0v) is 17.8. The first kappa shape index (κ1) is 21.8. The number of nitrogens with zero attached hydrogens (tertiary/aromatic N) is 1. The summed E-state index contributed by atoms with van der Waals surface area (Å²) in [6, 6.07) is 14.6. The molecule has 1 aliphatic rings.